The van der Waals surface area contributed by atoms with E-state index in [2.05, 4.69) is 58.4 Å². The molecule has 0 bridgehead atoms. The van der Waals surface area contributed by atoms with Crippen LogP contribution in [0.15, 0.2) is 53.0 Å². The van der Waals surface area contributed by atoms with Gasteiger partial charge in [-0.25, -0.2) is 0 Å². The second-order valence-corrected chi connectivity index (χ2v) is 7.08. The molecule has 3 rings (SSSR count). The van der Waals surface area contributed by atoms with Crippen LogP contribution in [0, 0.1) is 0 Å². The Kier molecular flexibility index (Phi) is 4.61. The molecule has 0 unspecified atom stereocenters. The van der Waals surface area contributed by atoms with Crippen molar-refractivity contribution in [2.45, 2.75) is 19.3 Å². The molecule has 0 aliphatic heterocycles. The van der Waals surface area contributed by atoms with Gasteiger partial charge < -0.3 is 4.74 Å². The molecule has 0 spiro atoms. The molecule has 0 amide bonds. The highest BCUT2D eigenvalue weighted by Crippen LogP contribution is 2.28. The largest absolute Gasteiger partial charge is 0.497 e. The van der Waals surface area contributed by atoms with E-state index >= 15 is 0 Å². The van der Waals surface area contributed by atoms with Crippen molar-refractivity contribution in [3.8, 4) is 5.75 Å². The van der Waals surface area contributed by atoms with Crippen LogP contribution in [0.2, 0.25) is 0 Å². The van der Waals surface area contributed by atoms with Gasteiger partial charge in [-0.2, -0.15) is 0 Å². The summed E-state index contributed by atoms with van der Waals surface area (Å²) in [6.45, 7) is 0. The maximum absolute atomic E-state index is 5.30. The standard InChI is InChI=1S/C18H17BrOS/c1-20-15-9-10-17(19)13(11-15)6-4-7-16-12-14-5-2-3-8-18(14)21-16/h2-3,5,8-12H,4,6-7H2,1H3. The first-order valence-corrected chi connectivity index (χ1v) is 8.67. The second-order valence-electron chi connectivity index (χ2n) is 5.06. The van der Waals surface area contributed by atoms with Crippen LogP contribution in [-0.4, -0.2) is 7.11 Å². The monoisotopic (exact) mass is 360 g/mol. The SMILES string of the molecule is COc1ccc(Br)c(CCCc2cc3ccccc3s2)c1. The number of ether oxygens (including phenoxy) is 1. The van der Waals surface area contributed by atoms with Crippen molar-refractivity contribution in [2.75, 3.05) is 7.11 Å². The lowest BCUT2D eigenvalue weighted by atomic mass is 10.1. The minimum atomic E-state index is 0.926. The lowest BCUT2D eigenvalue weighted by molar-refractivity contribution is 0.414. The first kappa shape index (κ1) is 14.6. The molecular weight excluding hydrogens is 344 g/mol. The molecule has 2 aromatic carbocycles. The Balaban J connectivity index is 1.65. The fraction of sp³-hybridized carbons (Fsp3) is 0.222. The lowest BCUT2D eigenvalue weighted by Gasteiger charge is -2.06. The molecule has 0 aliphatic carbocycles. The van der Waals surface area contributed by atoms with Crippen LogP contribution < -0.4 is 4.74 Å². The van der Waals surface area contributed by atoms with E-state index in [4.69, 9.17) is 4.74 Å². The van der Waals surface area contributed by atoms with Gasteiger partial charge >= 0.3 is 0 Å². The average Bonchev–Trinajstić information content (AvgIpc) is 2.92. The van der Waals surface area contributed by atoms with E-state index in [1.54, 1.807) is 7.11 Å². The number of thiophene rings is 1. The quantitative estimate of drug-likeness (QED) is 0.554. The molecule has 1 aromatic heterocycles. The Morgan fingerprint density at radius 1 is 1.05 bits per heavy atom. The van der Waals surface area contributed by atoms with Crippen LogP contribution in [0.5, 0.6) is 5.75 Å². The van der Waals surface area contributed by atoms with Crippen molar-refractivity contribution in [3.63, 3.8) is 0 Å². The Hall–Kier alpha value is -1.32. The van der Waals surface area contributed by atoms with Crippen molar-refractivity contribution in [3.05, 3.63) is 63.4 Å². The van der Waals surface area contributed by atoms with Crippen molar-refractivity contribution in [1.82, 2.24) is 0 Å². The van der Waals surface area contributed by atoms with Crippen molar-refractivity contribution < 1.29 is 4.74 Å². The maximum Gasteiger partial charge on any atom is 0.119 e. The minimum Gasteiger partial charge on any atom is -0.497 e. The number of rotatable bonds is 5. The molecule has 21 heavy (non-hydrogen) atoms. The van der Waals surface area contributed by atoms with Gasteiger partial charge in [0, 0.05) is 14.0 Å². The normalized spacial score (nSPS) is 11.0. The van der Waals surface area contributed by atoms with E-state index in [1.807, 2.05) is 17.4 Å². The molecule has 1 nitrogen and oxygen atoms in total. The molecule has 0 N–H and O–H groups in total. The van der Waals surface area contributed by atoms with Gasteiger partial charge in [0.25, 0.3) is 0 Å². The maximum atomic E-state index is 5.30. The van der Waals surface area contributed by atoms with E-state index in [0.717, 1.165) is 25.0 Å². The molecule has 3 aromatic rings. The third kappa shape index (κ3) is 3.47. The molecule has 3 heteroatoms. The van der Waals surface area contributed by atoms with Crippen LogP contribution in [-0.2, 0) is 12.8 Å². The zero-order chi connectivity index (χ0) is 14.7. The predicted molar refractivity (Wildman–Crippen MR) is 94.5 cm³/mol. The van der Waals surface area contributed by atoms with E-state index in [9.17, 15) is 0 Å². The predicted octanol–water partition coefficient (Wildman–Crippen LogP) is 5.85. The third-order valence-corrected chi connectivity index (χ3v) is 5.55. The summed E-state index contributed by atoms with van der Waals surface area (Å²) in [5.41, 5.74) is 1.32. The second kappa shape index (κ2) is 6.63. The number of hydrogen-bond acceptors (Lipinski definition) is 2. The topological polar surface area (TPSA) is 9.23 Å². The number of benzene rings is 2. The summed E-state index contributed by atoms with van der Waals surface area (Å²) in [4.78, 5) is 1.47. The van der Waals surface area contributed by atoms with Crippen molar-refractivity contribution in [1.29, 1.82) is 0 Å². The highest BCUT2D eigenvalue weighted by molar-refractivity contribution is 9.10. The third-order valence-electron chi connectivity index (χ3n) is 3.60. The van der Waals surface area contributed by atoms with Gasteiger partial charge in [0.1, 0.15) is 5.75 Å². The zero-order valence-corrected chi connectivity index (χ0v) is 14.3. The van der Waals surface area contributed by atoms with Crippen molar-refractivity contribution >= 4 is 37.4 Å². The highest BCUT2D eigenvalue weighted by atomic mass is 79.9. The first-order valence-electron chi connectivity index (χ1n) is 7.06. The van der Waals surface area contributed by atoms with Crippen molar-refractivity contribution in [2.24, 2.45) is 0 Å². The van der Waals surface area contributed by atoms with Crippen LogP contribution in [0.4, 0.5) is 0 Å². The Labute approximate surface area is 137 Å². The molecule has 0 radical (unpaired) electrons. The average molecular weight is 361 g/mol. The molecule has 0 saturated carbocycles. The highest BCUT2D eigenvalue weighted by Gasteiger charge is 2.05. The van der Waals surface area contributed by atoms with Gasteiger partial charge in [-0.1, -0.05) is 34.1 Å². The van der Waals surface area contributed by atoms with Gasteiger partial charge in [0.2, 0.25) is 0 Å². The van der Waals surface area contributed by atoms with E-state index in [-0.39, 0.29) is 0 Å². The molecule has 0 saturated heterocycles. The molecule has 1 heterocycles. The summed E-state index contributed by atoms with van der Waals surface area (Å²) in [5.74, 6) is 0.926. The van der Waals surface area contributed by atoms with Gasteiger partial charge in [0.15, 0.2) is 0 Å². The summed E-state index contributed by atoms with van der Waals surface area (Å²) >= 11 is 5.53. The summed E-state index contributed by atoms with van der Waals surface area (Å²) in [5, 5.41) is 1.36. The fourth-order valence-electron chi connectivity index (χ4n) is 2.48. The molecule has 0 aliphatic rings. The molecule has 0 atom stereocenters. The number of fused-ring (bicyclic) bond motifs is 1. The number of aryl methyl sites for hydroxylation is 2. The van der Waals surface area contributed by atoms with Gasteiger partial charge in [-0.15, -0.1) is 11.3 Å². The number of halogens is 1. The summed E-state index contributed by atoms with van der Waals surface area (Å²) in [6, 6.07) is 17.1. The Morgan fingerprint density at radius 2 is 1.90 bits per heavy atom. The fourth-order valence-corrected chi connectivity index (χ4v) is 4.03. The Morgan fingerprint density at radius 3 is 2.71 bits per heavy atom. The van der Waals surface area contributed by atoms with Gasteiger partial charge in [0.05, 0.1) is 7.11 Å². The molecule has 0 fully saturated rings. The lowest BCUT2D eigenvalue weighted by Crippen LogP contribution is -1.91. The van der Waals surface area contributed by atoms with Gasteiger partial charge in [-0.05, 0) is 60.5 Å². The van der Waals surface area contributed by atoms with Crippen LogP contribution in [0.1, 0.15) is 16.9 Å². The van der Waals surface area contributed by atoms with E-state index in [0.29, 0.717) is 0 Å². The molecular formula is C18H17BrOS. The summed E-state index contributed by atoms with van der Waals surface area (Å²) in [7, 11) is 1.71. The number of methoxy groups -OCH3 is 1. The minimum absolute atomic E-state index is 0.926. The summed E-state index contributed by atoms with van der Waals surface area (Å²) < 4.78 is 7.85. The van der Waals surface area contributed by atoms with Crippen LogP contribution in [0.3, 0.4) is 0 Å². The first-order chi connectivity index (χ1) is 10.3. The van der Waals surface area contributed by atoms with Crippen LogP contribution in [0.25, 0.3) is 10.1 Å². The number of hydrogen-bond donors (Lipinski definition) is 0. The van der Waals surface area contributed by atoms with Gasteiger partial charge in [-0.3, -0.25) is 0 Å². The Bertz CT molecular complexity index is 715. The molecule has 108 valence electrons. The zero-order valence-electron chi connectivity index (χ0n) is 11.9. The smallest absolute Gasteiger partial charge is 0.119 e. The van der Waals surface area contributed by atoms with Crippen LogP contribution >= 0.6 is 27.3 Å². The summed E-state index contributed by atoms with van der Waals surface area (Å²) in [6.07, 6.45) is 3.34. The van der Waals surface area contributed by atoms with E-state index < -0.39 is 0 Å². The van der Waals surface area contributed by atoms with E-state index in [1.165, 1.54) is 25.0 Å².